The Morgan fingerprint density at radius 1 is 1.07 bits per heavy atom. The van der Waals surface area contributed by atoms with Gasteiger partial charge < -0.3 is 19.9 Å². The molecule has 0 spiro atoms. The lowest BCUT2D eigenvalue weighted by molar-refractivity contribution is 0.390. The summed E-state index contributed by atoms with van der Waals surface area (Å²) in [6.07, 6.45) is 0. The maximum absolute atomic E-state index is 13.1. The second-order valence-electron chi connectivity index (χ2n) is 6.65. The molecule has 0 amide bonds. The second-order valence-corrected chi connectivity index (χ2v) is 7.88. The molecule has 1 aliphatic heterocycles. The smallest absolute Gasteiger partial charge is 0.185 e. The van der Waals surface area contributed by atoms with E-state index in [1.165, 1.54) is 12.1 Å². The lowest BCUT2D eigenvalue weighted by Crippen LogP contribution is -2.50. The Morgan fingerprint density at radius 2 is 1.76 bits per heavy atom. The van der Waals surface area contributed by atoms with E-state index in [4.69, 9.17) is 21.9 Å². The Bertz CT molecular complexity index is 967. The van der Waals surface area contributed by atoms with Crippen LogP contribution in [0, 0.1) is 5.82 Å². The zero-order chi connectivity index (χ0) is 20.2. The molecule has 1 aliphatic rings. The van der Waals surface area contributed by atoms with Crippen molar-refractivity contribution in [2.75, 3.05) is 43.5 Å². The number of nitrogens with zero attached hydrogens (tertiary/aromatic N) is 3. The fourth-order valence-corrected chi connectivity index (χ4v) is 4.33. The van der Waals surface area contributed by atoms with Crippen LogP contribution in [0.5, 0.6) is 5.75 Å². The first-order valence-electron chi connectivity index (χ1n) is 9.29. The zero-order valence-corrected chi connectivity index (χ0v) is 17.6. The molecule has 1 N–H and O–H groups in total. The summed E-state index contributed by atoms with van der Waals surface area (Å²) in [5, 5.41) is 7.01. The van der Waals surface area contributed by atoms with Crippen molar-refractivity contribution in [3.8, 4) is 17.0 Å². The molecule has 0 radical (unpaired) electrons. The number of thiocarbonyl (C=S) groups is 1. The maximum atomic E-state index is 13.1. The molecule has 3 aromatic rings. The van der Waals surface area contributed by atoms with Gasteiger partial charge in [0.2, 0.25) is 0 Å². The highest BCUT2D eigenvalue weighted by atomic mass is 32.1. The monoisotopic (exact) mass is 428 g/mol. The van der Waals surface area contributed by atoms with Crippen LogP contribution in [0.15, 0.2) is 53.9 Å². The molecule has 150 valence electrons. The minimum atomic E-state index is -0.237. The highest BCUT2D eigenvalue weighted by molar-refractivity contribution is 7.80. The third kappa shape index (κ3) is 4.65. The minimum absolute atomic E-state index is 0.237. The molecule has 0 aliphatic carbocycles. The van der Waals surface area contributed by atoms with Gasteiger partial charge in [0.15, 0.2) is 10.2 Å². The van der Waals surface area contributed by atoms with Crippen molar-refractivity contribution in [1.82, 2.24) is 9.88 Å². The molecule has 1 saturated heterocycles. The Morgan fingerprint density at radius 3 is 2.41 bits per heavy atom. The van der Waals surface area contributed by atoms with Gasteiger partial charge in [-0.25, -0.2) is 9.37 Å². The summed E-state index contributed by atoms with van der Waals surface area (Å²) < 4.78 is 18.3. The molecule has 5 nitrogen and oxygen atoms in total. The lowest BCUT2D eigenvalue weighted by Gasteiger charge is -2.36. The molecule has 29 heavy (non-hydrogen) atoms. The maximum Gasteiger partial charge on any atom is 0.185 e. The highest BCUT2D eigenvalue weighted by Crippen LogP contribution is 2.28. The van der Waals surface area contributed by atoms with Crippen molar-refractivity contribution in [3.05, 3.63) is 59.7 Å². The summed E-state index contributed by atoms with van der Waals surface area (Å²) in [5.74, 6) is 0.582. The number of ether oxygens (including phenoxy) is 1. The van der Waals surface area contributed by atoms with Gasteiger partial charge in [0.1, 0.15) is 11.6 Å². The molecule has 2 heterocycles. The van der Waals surface area contributed by atoms with Crippen LogP contribution in [0.4, 0.5) is 15.2 Å². The number of halogens is 1. The van der Waals surface area contributed by atoms with Crippen LogP contribution in [0.1, 0.15) is 0 Å². The van der Waals surface area contributed by atoms with Gasteiger partial charge in [0.25, 0.3) is 0 Å². The first-order chi connectivity index (χ1) is 14.1. The SMILES string of the molecule is COc1ccc(NC(=S)N2CCN(c3nc(-c4ccc(F)cc4)cs3)CC2)cc1. The third-order valence-corrected chi connectivity index (χ3v) is 6.07. The van der Waals surface area contributed by atoms with E-state index >= 15 is 0 Å². The summed E-state index contributed by atoms with van der Waals surface area (Å²) in [6.45, 7) is 3.35. The highest BCUT2D eigenvalue weighted by Gasteiger charge is 2.21. The number of benzene rings is 2. The number of rotatable bonds is 4. The van der Waals surface area contributed by atoms with Crippen LogP contribution >= 0.6 is 23.6 Å². The van der Waals surface area contributed by atoms with E-state index in [1.807, 2.05) is 29.6 Å². The number of aromatic nitrogens is 1. The van der Waals surface area contributed by atoms with Crippen molar-refractivity contribution < 1.29 is 9.13 Å². The summed E-state index contributed by atoms with van der Waals surface area (Å²) in [6, 6.07) is 14.2. The Hall–Kier alpha value is -2.71. The normalized spacial score (nSPS) is 14.0. The van der Waals surface area contributed by atoms with Gasteiger partial charge >= 0.3 is 0 Å². The molecule has 4 rings (SSSR count). The van der Waals surface area contributed by atoms with Crippen LogP contribution < -0.4 is 15.0 Å². The molecular weight excluding hydrogens is 407 g/mol. The molecule has 1 fully saturated rings. The Kier molecular flexibility index (Phi) is 5.92. The third-order valence-electron chi connectivity index (χ3n) is 4.81. The number of nitrogens with one attached hydrogen (secondary N) is 1. The fraction of sp³-hybridized carbons (Fsp3) is 0.238. The van der Waals surface area contributed by atoms with E-state index in [0.29, 0.717) is 0 Å². The molecule has 0 atom stereocenters. The van der Waals surface area contributed by atoms with E-state index in [2.05, 4.69) is 15.1 Å². The van der Waals surface area contributed by atoms with Gasteiger partial charge in [0, 0.05) is 42.8 Å². The predicted molar refractivity (Wildman–Crippen MR) is 121 cm³/mol. The molecular formula is C21H21FN4OS2. The average molecular weight is 429 g/mol. The molecule has 0 saturated carbocycles. The fourth-order valence-electron chi connectivity index (χ4n) is 3.14. The first-order valence-corrected chi connectivity index (χ1v) is 10.6. The molecule has 1 aromatic heterocycles. The van der Waals surface area contributed by atoms with Gasteiger partial charge in [0.05, 0.1) is 12.8 Å². The minimum Gasteiger partial charge on any atom is -0.497 e. The summed E-state index contributed by atoms with van der Waals surface area (Å²) >= 11 is 7.19. The predicted octanol–water partition coefficient (Wildman–Crippen LogP) is 4.48. The lowest BCUT2D eigenvalue weighted by atomic mass is 10.2. The van der Waals surface area contributed by atoms with Crippen molar-refractivity contribution >= 4 is 39.5 Å². The van der Waals surface area contributed by atoms with Gasteiger partial charge in [-0.2, -0.15) is 0 Å². The van der Waals surface area contributed by atoms with Crippen molar-refractivity contribution in [2.24, 2.45) is 0 Å². The van der Waals surface area contributed by atoms with E-state index in [-0.39, 0.29) is 5.82 Å². The van der Waals surface area contributed by atoms with E-state index in [1.54, 1.807) is 30.6 Å². The van der Waals surface area contributed by atoms with Gasteiger partial charge in [-0.05, 0) is 60.7 Å². The number of hydrogen-bond acceptors (Lipinski definition) is 5. The van der Waals surface area contributed by atoms with Gasteiger partial charge in [-0.1, -0.05) is 0 Å². The molecule has 2 aromatic carbocycles. The quantitative estimate of drug-likeness (QED) is 0.618. The molecule has 8 heteroatoms. The van der Waals surface area contributed by atoms with Crippen LogP contribution in [-0.4, -0.2) is 48.3 Å². The van der Waals surface area contributed by atoms with E-state index in [9.17, 15) is 4.39 Å². The summed E-state index contributed by atoms with van der Waals surface area (Å²) in [4.78, 5) is 9.17. The first kappa shape index (κ1) is 19.6. The van der Waals surface area contributed by atoms with Gasteiger partial charge in [-0.15, -0.1) is 11.3 Å². The number of piperazine rings is 1. The van der Waals surface area contributed by atoms with E-state index < -0.39 is 0 Å². The number of anilines is 2. The van der Waals surface area contributed by atoms with Crippen LogP contribution in [-0.2, 0) is 0 Å². The van der Waals surface area contributed by atoms with Crippen LogP contribution in [0.2, 0.25) is 0 Å². The van der Waals surface area contributed by atoms with Crippen molar-refractivity contribution in [3.63, 3.8) is 0 Å². The summed E-state index contributed by atoms with van der Waals surface area (Å²) in [7, 11) is 1.65. The number of methoxy groups -OCH3 is 1. The largest absolute Gasteiger partial charge is 0.497 e. The van der Waals surface area contributed by atoms with Crippen molar-refractivity contribution in [1.29, 1.82) is 0 Å². The number of hydrogen-bond donors (Lipinski definition) is 1. The molecule has 0 bridgehead atoms. The second kappa shape index (κ2) is 8.75. The Labute approximate surface area is 178 Å². The number of thiazole rings is 1. The van der Waals surface area contributed by atoms with Crippen LogP contribution in [0.25, 0.3) is 11.3 Å². The molecule has 0 unspecified atom stereocenters. The zero-order valence-electron chi connectivity index (χ0n) is 16.0. The van der Waals surface area contributed by atoms with E-state index in [0.717, 1.165) is 59.1 Å². The Balaban J connectivity index is 1.33. The summed E-state index contributed by atoms with van der Waals surface area (Å²) in [5.41, 5.74) is 2.75. The van der Waals surface area contributed by atoms with Crippen LogP contribution in [0.3, 0.4) is 0 Å². The standard InChI is InChI=1S/C21H21FN4OS2/c1-27-18-8-6-17(7-9-18)23-20(28)25-10-12-26(13-11-25)21-24-19(14-29-21)15-2-4-16(22)5-3-15/h2-9,14H,10-13H2,1H3,(H,23,28). The average Bonchev–Trinajstić information content (AvgIpc) is 3.25. The van der Waals surface area contributed by atoms with Crippen molar-refractivity contribution in [2.45, 2.75) is 0 Å². The topological polar surface area (TPSA) is 40.6 Å². The van der Waals surface area contributed by atoms with Gasteiger partial charge in [-0.3, -0.25) is 0 Å².